The molecule has 0 fully saturated rings. The number of hydrogen-bond acceptors (Lipinski definition) is 16. The molecule has 5 rings (SSSR count). The molecule has 482 valence electrons. The largest absolute Gasteiger partial charge is 0.497 e. The van der Waals surface area contributed by atoms with E-state index in [1.807, 2.05) is 0 Å². The van der Waals surface area contributed by atoms with Crippen LogP contribution < -0.4 is 41.4 Å². The van der Waals surface area contributed by atoms with Gasteiger partial charge in [0.25, 0.3) is 11.8 Å². The van der Waals surface area contributed by atoms with Crippen LogP contribution in [0.2, 0.25) is 0 Å². The Kier molecular flexibility index (Phi) is 30.0. The Bertz CT molecular complexity index is 2970. The summed E-state index contributed by atoms with van der Waals surface area (Å²) in [6, 6.07) is 28.1. The van der Waals surface area contributed by atoms with E-state index in [-0.39, 0.29) is 63.4 Å². The average Bonchev–Trinajstić information content (AvgIpc) is 1.66. The Morgan fingerprint density at radius 1 is 0.422 bits per heavy atom. The number of amides is 8. The molecule has 0 aliphatic heterocycles. The molecule has 0 saturated heterocycles. The summed E-state index contributed by atoms with van der Waals surface area (Å²) in [5.74, 6) is -5.44. The summed E-state index contributed by atoms with van der Waals surface area (Å²) in [6.45, 7) is -2.43. The number of ether oxygens (including phenoxy) is 6. The Balaban J connectivity index is 1.22. The van der Waals surface area contributed by atoms with Crippen LogP contribution >= 0.6 is 0 Å². The highest BCUT2D eigenvalue weighted by molar-refractivity contribution is 6.03. The predicted molar refractivity (Wildman–Crippen MR) is 322 cm³/mol. The maximum Gasteiger partial charge on any atom is 0.408 e. The first-order valence-corrected chi connectivity index (χ1v) is 28.9. The van der Waals surface area contributed by atoms with Crippen molar-refractivity contribution in [3.8, 4) is 11.5 Å². The van der Waals surface area contributed by atoms with Crippen molar-refractivity contribution in [3.05, 3.63) is 166 Å². The van der Waals surface area contributed by atoms with Crippen LogP contribution in [0.15, 0.2) is 121 Å². The molecule has 0 bridgehead atoms. The number of hydrogen-bond donors (Lipinski definition) is 6. The van der Waals surface area contributed by atoms with Gasteiger partial charge in [-0.3, -0.25) is 28.8 Å². The van der Waals surface area contributed by atoms with Crippen molar-refractivity contribution >= 4 is 59.6 Å². The van der Waals surface area contributed by atoms with E-state index < -0.39 is 109 Å². The van der Waals surface area contributed by atoms with Crippen LogP contribution in [0.5, 0.6) is 11.5 Å². The third kappa shape index (κ3) is 25.7. The van der Waals surface area contributed by atoms with E-state index >= 15 is 0 Å². The van der Waals surface area contributed by atoms with Crippen molar-refractivity contribution in [2.24, 2.45) is 0 Å². The molecule has 0 saturated carbocycles. The van der Waals surface area contributed by atoms with Gasteiger partial charge in [-0.1, -0.05) is 54.6 Å². The van der Waals surface area contributed by atoms with E-state index in [0.717, 1.165) is 20.9 Å². The first kappa shape index (κ1) is 70.6. The molecular weight excluding hydrogens is 1170 g/mol. The molecule has 0 aliphatic carbocycles. The van der Waals surface area contributed by atoms with Gasteiger partial charge >= 0.3 is 24.1 Å². The molecule has 8 amide bonds. The average molecular weight is 1250 g/mol. The number of nitrogens with one attached hydrogen (secondary N) is 6. The molecular formula is C64H76F2N8O16. The van der Waals surface area contributed by atoms with Gasteiger partial charge in [0.2, 0.25) is 23.6 Å². The fraction of sp³-hybridized carbons (Fsp3) is 0.375. The minimum atomic E-state index is -1.08. The molecule has 90 heavy (non-hydrogen) atoms. The summed E-state index contributed by atoms with van der Waals surface area (Å²) >= 11 is 0. The number of unbranched alkanes of at least 4 members (excludes halogenated alkanes) is 2. The Morgan fingerprint density at radius 3 is 1.09 bits per heavy atom. The highest BCUT2D eigenvalue weighted by Crippen LogP contribution is 2.16. The van der Waals surface area contributed by atoms with E-state index in [4.69, 9.17) is 28.4 Å². The molecule has 5 aromatic carbocycles. The molecule has 0 heterocycles. The van der Waals surface area contributed by atoms with Crippen molar-refractivity contribution in [1.29, 1.82) is 0 Å². The zero-order valence-corrected chi connectivity index (χ0v) is 50.6. The van der Waals surface area contributed by atoms with Crippen LogP contribution in [0.4, 0.5) is 18.4 Å². The van der Waals surface area contributed by atoms with Crippen LogP contribution in [-0.2, 0) is 73.8 Å². The number of carbonyl (C=O) groups excluding carboxylic acids is 10. The van der Waals surface area contributed by atoms with Gasteiger partial charge in [-0.25, -0.2) is 28.0 Å². The molecule has 5 aromatic rings. The number of methoxy groups -OCH3 is 4. The van der Waals surface area contributed by atoms with E-state index in [1.165, 1.54) is 77.0 Å². The van der Waals surface area contributed by atoms with Gasteiger partial charge in [-0.2, -0.15) is 0 Å². The third-order valence-electron chi connectivity index (χ3n) is 13.7. The second-order valence-corrected chi connectivity index (χ2v) is 20.3. The monoisotopic (exact) mass is 1250 g/mol. The lowest BCUT2D eigenvalue weighted by Crippen LogP contribution is -2.47. The Morgan fingerprint density at radius 2 is 0.756 bits per heavy atom. The van der Waals surface area contributed by atoms with E-state index in [2.05, 4.69) is 31.9 Å². The van der Waals surface area contributed by atoms with E-state index in [9.17, 15) is 56.7 Å². The number of halogens is 2. The van der Waals surface area contributed by atoms with Crippen LogP contribution in [0.25, 0.3) is 0 Å². The number of rotatable bonds is 36. The number of carbonyl (C=O) groups is 10. The smallest absolute Gasteiger partial charge is 0.408 e. The molecule has 0 radical (unpaired) electrons. The SMILES string of the molecule is COC(=O)[C@H](CCCCNC(=O)CN(CC(=O)NCCc1ccc(F)cc1)C(=O)c1cccc(C(=O)N(CC(=O)NCCCC[C@H](NC(=O)OCc2ccc(OC)cc2)C(=O)OC)CC(=O)NCCc2ccc(F)cc2)c1)NC(=O)OCc1ccc(OC)cc1. The minimum absolute atomic E-state index is 0.0479. The quantitative estimate of drug-likeness (QED) is 0.0173. The van der Waals surface area contributed by atoms with Gasteiger partial charge in [0.1, 0.15) is 74.6 Å². The molecule has 26 heteroatoms. The van der Waals surface area contributed by atoms with Gasteiger partial charge in [0, 0.05) is 37.3 Å². The maximum atomic E-state index is 14.4. The lowest BCUT2D eigenvalue weighted by Gasteiger charge is -2.24. The summed E-state index contributed by atoms with van der Waals surface area (Å²) < 4.78 is 57.7. The fourth-order valence-electron chi connectivity index (χ4n) is 8.76. The van der Waals surface area contributed by atoms with Gasteiger partial charge in [0.05, 0.1) is 28.4 Å². The van der Waals surface area contributed by atoms with Crippen molar-refractivity contribution in [1.82, 2.24) is 41.7 Å². The van der Waals surface area contributed by atoms with Crippen LogP contribution in [-0.4, -0.2) is 162 Å². The number of nitrogens with zero attached hydrogens (tertiary/aromatic N) is 2. The topological polar surface area (TPSA) is 305 Å². The molecule has 6 N–H and O–H groups in total. The number of benzene rings is 5. The summed E-state index contributed by atoms with van der Waals surface area (Å²) in [7, 11) is 5.38. The summed E-state index contributed by atoms with van der Waals surface area (Å²) in [4.78, 5) is 135. The standard InChI is InChI=1S/C64H76F2N8O16/c1-85-51-26-18-45(19-27-51)41-89-63(83)71-53(61(81)87-3)12-5-7-32-67-55(75)37-73(39-57(77)69-34-30-43-14-22-49(65)23-15-43)59(79)47-10-9-11-48(36-47)60(80)74(40-58(78)70-35-31-44-16-24-50(66)25-17-44)38-56(76)68-33-8-6-13-54(62(82)88-4)72-64(84)90-42-46-20-28-52(86-2)29-21-46/h9-11,14-29,36,53-54H,5-8,12-13,30-35,37-42H2,1-4H3,(H,67,75)(H,68,76)(H,69,77)(H,70,78)(H,71,83)(H,72,84)/t53-,54-/m0/s1. The normalized spacial score (nSPS) is 11.3. The minimum Gasteiger partial charge on any atom is -0.497 e. The highest BCUT2D eigenvalue weighted by atomic mass is 19.1. The lowest BCUT2D eigenvalue weighted by molar-refractivity contribution is -0.144. The van der Waals surface area contributed by atoms with Crippen molar-refractivity contribution in [3.63, 3.8) is 0 Å². The molecule has 0 aromatic heterocycles. The first-order chi connectivity index (χ1) is 43.4. The van der Waals surface area contributed by atoms with Crippen LogP contribution in [0.1, 0.15) is 81.5 Å². The predicted octanol–water partition coefficient (Wildman–Crippen LogP) is 5.09. The van der Waals surface area contributed by atoms with Gasteiger partial charge in [-0.05, 0) is 140 Å². The van der Waals surface area contributed by atoms with Gasteiger partial charge in [-0.15, -0.1) is 0 Å². The summed E-state index contributed by atoms with van der Waals surface area (Å²) in [5, 5.41) is 15.8. The zero-order chi connectivity index (χ0) is 65.2. The molecule has 2 atom stereocenters. The zero-order valence-electron chi connectivity index (χ0n) is 50.6. The second kappa shape index (κ2) is 38.2. The molecule has 0 spiro atoms. The van der Waals surface area contributed by atoms with Crippen LogP contribution in [0, 0.1) is 11.6 Å². The summed E-state index contributed by atoms with van der Waals surface area (Å²) in [5.41, 5.74) is 2.50. The molecule has 0 aliphatic rings. The lowest BCUT2D eigenvalue weighted by atomic mass is 10.1. The molecule has 0 unspecified atom stereocenters. The van der Waals surface area contributed by atoms with Crippen molar-refractivity contribution < 1.29 is 85.1 Å². The highest BCUT2D eigenvalue weighted by Gasteiger charge is 2.27. The van der Waals surface area contributed by atoms with Gasteiger partial charge < -0.3 is 70.1 Å². The first-order valence-electron chi connectivity index (χ1n) is 28.9. The second-order valence-electron chi connectivity index (χ2n) is 20.3. The Hall–Kier alpha value is -10.1. The van der Waals surface area contributed by atoms with Gasteiger partial charge in [0.15, 0.2) is 0 Å². The Labute approximate surface area is 520 Å². The third-order valence-corrected chi connectivity index (χ3v) is 13.7. The summed E-state index contributed by atoms with van der Waals surface area (Å²) in [6.07, 6.45) is 0.325. The van der Waals surface area contributed by atoms with Crippen molar-refractivity contribution in [2.75, 3.05) is 80.8 Å². The van der Waals surface area contributed by atoms with Crippen molar-refractivity contribution in [2.45, 2.75) is 76.7 Å². The number of esters is 2. The fourth-order valence-corrected chi connectivity index (χ4v) is 8.76. The number of alkyl carbamates (subject to hydrolysis) is 2. The van der Waals surface area contributed by atoms with E-state index in [0.29, 0.717) is 61.2 Å². The molecule has 24 nitrogen and oxygen atoms in total. The maximum absolute atomic E-state index is 14.4. The van der Waals surface area contributed by atoms with E-state index in [1.54, 1.807) is 72.8 Å². The van der Waals surface area contributed by atoms with Crippen LogP contribution in [0.3, 0.4) is 0 Å².